The van der Waals surface area contributed by atoms with E-state index in [-0.39, 0.29) is 23.2 Å². The number of amides is 1. The van der Waals surface area contributed by atoms with Crippen LogP contribution in [0.25, 0.3) is 0 Å². The largest absolute Gasteiger partial charge is 0.497 e. The van der Waals surface area contributed by atoms with Crippen molar-refractivity contribution in [2.75, 3.05) is 12.4 Å². The van der Waals surface area contributed by atoms with Gasteiger partial charge in [0.2, 0.25) is 5.91 Å². The minimum atomic E-state index is -4.63. The van der Waals surface area contributed by atoms with E-state index in [1.165, 1.54) is 22.5 Å². The lowest BCUT2D eigenvalue weighted by Crippen LogP contribution is -2.45. The predicted molar refractivity (Wildman–Crippen MR) is 138 cm³/mol. The first-order chi connectivity index (χ1) is 17.1. The fraction of sp³-hybridized carbons (Fsp3) is 0.615. The Balaban J connectivity index is 1.38. The van der Waals surface area contributed by atoms with Gasteiger partial charge < -0.3 is 19.8 Å². The molecule has 0 bridgehead atoms. The van der Waals surface area contributed by atoms with Crippen LogP contribution in [0.3, 0.4) is 0 Å². The van der Waals surface area contributed by atoms with Crippen molar-refractivity contribution in [1.29, 1.82) is 0 Å². The summed E-state index contributed by atoms with van der Waals surface area (Å²) in [5.74, 6) is 1.99. The number of benzene rings is 1. The van der Waals surface area contributed by atoms with Gasteiger partial charge >= 0.3 is 7.82 Å². The second-order valence-electron chi connectivity index (χ2n) is 10.9. The third-order valence-electron chi connectivity index (χ3n) is 8.86. The van der Waals surface area contributed by atoms with Crippen LogP contribution in [0.4, 0.5) is 5.13 Å². The van der Waals surface area contributed by atoms with Crippen LogP contribution in [0.15, 0.2) is 24.4 Å². The first-order valence-electron chi connectivity index (χ1n) is 12.7. The Morgan fingerprint density at radius 3 is 2.83 bits per heavy atom. The standard InChI is InChI=1S/C26H35N2O6PS/c1-15-14-27-25(36-15)28-23(29)9-5-17-13-22(34-35(30,31)32)26(2)11-10-20-19-8-6-18(33-3)12-16(19)4-7-21(20)24(17)26/h6,8,12,14,17,20-22,24H,4-5,7,9-11,13H2,1-3H3,(H,27,28,29)(H2,30,31,32)/t17?,20?,21?,22-,24?,26+/m0/s1. The molecule has 4 unspecified atom stereocenters. The first-order valence-corrected chi connectivity index (χ1v) is 15.0. The van der Waals surface area contributed by atoms with Gasteiger partial charge in [-0.05, 0) is 97.8 Å². The Morgan fingerprint density at radius 2 is 2.14 bits per heavy atom. The van der Waals surface area contributed by atoms with Gasteiger partial charge in [0.05, 0.1) is 13.2 Å². The van der Waals surface area contributed by atoms with E-state index in [9.17, 15) is 19.1 Å². The number of nitrogens with zero attached hydrogens (tertiary/aromatic N) is 1. The molecule has 0 spiro atoms. The SMILES string of the molecule is COc1ccc2c(c1)CCC1C2CC[C@@]2(C)C1C(CCC(=O)Nc1ncc(C)s1)C[C@@H]2OP(=O)(O)O. The molecule has 3 N–H and O–H groups in total. The molecule has 1 heterocycles. The molecule has 3 aliphatic rings. The lowest BCUT2D eigenvalue weighted by Gasteiger charge is -2.52. The van der Waals surface area contributed by atoms with Crippen LogP contribution in [0.1, 0.15) is 67.4 Å². The molecular formula is C26H35N2O6PS. The molecule has 1 aromatic heterocycles. The van der Waals surface area contributed by atoms with Gasteiger partial charge in [-0.15, -0.1) is 11.3 Å². The molecule has 2 aromatic rings. The van der Waals surface area contributed by atoms with Crippen LogP contribution >= 0.6 is 19.2 Å². The molecule has 2 saturated carbocycles. The summed E-state index contributed by atoms with van der Waals surface area (Å²) >= 11 is 1.45. The highest BCUT2D eigenvalue weighted by Crippen LogP contribution is 2.65. The zero-order valence-electron chi connectivity index (χ0n) is 21.0. The maximum Gasteiger partial charge on any atom is 0.469 e. The van der Waals surface area contributed by atoms with Crippen molar-refractivity contribution < 1.29 is 28.4 Å². The molecule has 3 aliphatic carbocycles. The lowest BCUT2D eigenvalue weighted by atomic mass is 9.53. The lowest BCUT2D eigenvalue weighted by molar-refractivity contribution is -0.116. The summed E-state index contributed by atoms with van der Waals surface area (Å²) in [6.45, 7) is 4.10. The Kier molecular flexibility index (Phi) is 7.07. The number of hydrogen-bond donors (Lipinski definition) is 3. The molecule has 6 atom stereocenters. The van der Waals surface area contributed by atoms with Crippen molar-refractivity contribution in [2.24, 2.45) is 23.2 Å². The highest BCUT2D eigenvalue weighted by atomic mass is 32.1. The topological polar surface area (TPSA) is 118 Å². The molecule has 36 heavy (non-hydrogen) atoms. The van der Waals surface area contributed by atoms with Gasteiger partial charge in [0.15, 0.2) is 5.13 Å². The molecular weight excluding hydrogens is 499 g/mol. The van der Waals surface area contributed by atoms with Gasteiger partial charge in [0.25, 0.3) is 0 Å². The van der Waals surface area contributed by atoms with Crippen molar-refractivity contribution in [2.45, 2.75) is 70.8 Å². The second kappa shape index (κ2) is 9.84. The molecule has 0 radical (unpaired) electrons. The maximum atomic E-state index is 12.7. The molecule has 1 aromatic carbocycles. The minimum absolute atomic E-state index is 0.0705. The summed E-state index contributed by atoms with van der Waals surface area (Å²) in [6, 6.07) is 6.38. The quantitative estimate of drug-likeness (QED) is 0.405. The molecule has 8 nitrogen and oxygen atoms in total. The van der Waals surface area contributed by atoms with E-state index in [4.69, 9.17) is 9.26 Å². The normalized spacial score (nSPS) is 31.3. The number of anilines is 1. The van der Waals surface area contributed by atoms with E-state index in [1.807, 2.05) is 13.0 Å². The van der Waals surface area contributed by atoms with Crippen LogP contribution in [0.2, 0.25) is 0 Å². The van der Waals surface area contributed by atoms with Crippen molar-refractivity contribution in [3.05, 3.63) is 40.4 Å². The number of thiazole rings is 1. The van der Waals surface area contributed by atoms with Crippen molar-refractivity contribution >= 4 is 30.2 Å². The van der Waals surface area contributed by atoms with Gasteiger partial charge in [-0.3, -0.25) is 9.32 Å². The summed E-state index contributed by atoms with van der Waals surface area (Å²) in [5, 5.41) is 3.50. The first kappa shape index (κ1) is 25.9. The van der Waals surface area contributed by atoms with Crippen molar-refractivity contribution in [1.82, 2.24) is 4.98 Å². The van der Waals surface area contributed by atoms with E-state index in [1.54, 1.807) is 13.3 Å². The minimum Gasteiger partial charge on any atom is -0.497 e. The summed E-state index contributed by atoms with van der Waals surface area (Å²) in [6.07, 6.45) is 6.59. The molecule has 196 valence electrons. The van der Waals surface area contributed by atoms with Crippen LogP contribution in [0, 0.1) is 30.1 Å². The molecule has 0 saturated heterocycles. The summed E-state index contributed by atoms with van der Waals surface area (Å²) in [5.41, 5.74) is 2.39. The van der Waals surface area contributed by atoms with Gasteiger partial charge in [-0.1, -0.05) is 13.0 Å². The average molecular weight is 535 g/mol. The van der Waals surface area contributed by atoms with Crippen molar-refractivity contribution in [3.63, 3.8) is 0 Å². The van der Waals surface area contributed by atoms with Gasteiger partial charge in [-0.25, -0.2) is 9.55 Å². The highest BCUT2D eigenvalue weighted by Gasteiger charge is 2.60. The van der Waals surface area contributed by atoms with Gasteiger partial charge in [0, 0.05) is 17.5 Å². The number of carbonyl (C=O) groups is 1. The van der Waals surface area contributed by atoms with Gasteiger partial charge in [-0.2, -0.15) is 0 Å². The number of nitrogens with one attached hydrogen (secondary N) is 1. The fourth-order valence-electron chi connectivity index (χ4n) is 7.45. The van der Waals surface area contributed by atoms with E-state index in [0.717, 1.165) is 36.3 Å². The van der Waals surface area contributed by atoms with Crippen LogP contribution in [-0.4, -0.2) is 33.9 Å². The van der Waals surface area contributed by atoms with Crippen LogP contribution < -0.4 is 10.1 Å². The second-order valence-corrected chi connectivity index (χ2v) is 13.3. The highest BCUT2D eigenvalue weighted by molar-refractivity contribution is 7.46. The molecule has 1 amide bonds. The summed E-state index contributed by atoms with van der Waals surface area (Å²) < 4.78 is 22.8. The van der Waals surface area contributed by atoms with E-state index in [0.29, 0.717) is 36.2 Å². The number of aryl methyl sites for hydroxylation is 2. The zero-order valence-corrected chi connectivity index (χ0v) is 22.7. The number of hydrogen-bond acceptors (Lipinski definition) is 6. The zero-order chi connectivity index (χ0) is 25.7. The number of ether oxygens (including phenoxy) is 1. The molecule has 10 heteroatoms. The number of rotatable bonds is 7. The van der Waals surface area contributed by atoms with Crippen LogP contribution in [0.5, 0.6) is 5.75 Å². The summed E-state index contributed by atoms with van der Waals surface area (Å²) in [7, 11) is -2.94. The number of phosphoric ester groups is 1. The third-order valence-corrected chi connectivity index (χ3v) is 10.2. The Labute approximate surface area is 216 Å². The summed E-state index contributed by atoms with van der Waals surface area (Å²) in [4.78, 5) is 37.3. The number of methoxy groups -OCH3 is 1. The van der Waals surface area contributed by atoms with Gasteiger partial charge in [0.1, 0.15) is 5.75 Å². The number of carbonyl (C=O) groups excluding carboxylic acids is 1. The Morgan fingerprint density at radius 1 is 1.33 bits per heavy atom. The smallest absolute Gasteiger partial charge is 0.469 e. The maximum absolute atomic E-state index is 12.7. The molecule has 2 fully saturated rings. The Hall–Kier alpha value is -1.77. The molecule has 0 aliphatic heterocycles. The van der Waals surface area contributed by atoms with Crippen molar-refractivity contribution in [3.8, 4) is 5.75 Å². The predicted octanol–water partition coefficient (Wildman–Crippen LogP) is 5.44. The van der Waals surface area contributed by atoms with E-state index in [2.05, 4.69) is 29.4 Å². The fourth-order valence-corrected chi connectivity index (χ4v) is 8.79. The van der Waals surface area contributed by atoms with E-state index >= 15 is 0 Å². The van der Waals surface area contributed by atoms with E-state index < -0.39 is 13.9 Å². The number of fused-ring (bicyclic) bond motifs is 5. The monoisotopic (exact) mass is 534 g/mol. The third kappa shape index (κ3) is 5.01. The number of aromatic nitrogens is 1. The van der Waals surface area contributed by atoms with Crippen LogP contribution in [-0.2, 0) is 20.3 Å². The number of phosphoric acid groups is 1. The Bertz CT molecular complexity index is 1180. The average Bonchev–Trinajstić information content (AvgIpc) is 3.35. The molecule has 5 rings (SSSR count).